The fraction of sp³-hybridized carbons (Fsp3) is 0.200. The van der Waals surface area contributed by atoms with E-state index in [4.69, 9.17) is 0 Å². The van der Waals surface area contributed by atoms with Crippen LogP contribution in [0.25, 0.3) is 10.9 Å². The Morgan fingerprint density at radius 2 is 2.45 bits per heavy atom. The van der Waals surface area contributed by atoms with Crippen LogP contribution in [-0.4, -0.2) is 4.98 Å². The second kappa shape index (κ2) is 2.42. The Morgan fingerprint density at radius 1 is 1.55 bits per heavy atom. The number of benzene rings is 1. The summed E-state index contributed by atoms with van der Waals surface area (Å²) in [5, 5.41) is 1.18. The van der Waals surface area contributed by atoms with E-state index in [1.54, 1.807) is 0 Å². The van der Waals surface area contributed by atoms with Gasteiger partial charge in [0.05, 0.1) is 0 Å². The SMILES string of the molecule is CCc1cc2[c]cccc2[nH]1. The van der Waals surface area contributed by atoms with Crippen molar-refractivity contribution in [3.63, 3.8) is 0 Å². The molecular formula is C10H10N. The van der Waals surface area contributed by atoms with Crippen LogP contribution in [0.4, 0.5) is 0 Å². The first-order valence-electron chi connectivity index (χ1n) is 3.88. The van der Waals surface area contributed by atoms with E-state index in [2.05, 4.69) is 30.1 Å². The van der Waals surface area contributed by atoms with Gasteiger partial charge in [0.25, 0.3) is 0 Å². The minimum atomic E-state index is 1.06. The van der Waals surface area contributed by atoms with Gasteiger partial charge in [-0.05, 0) is 24.6 Å². The van der Waals surface area contributed by atoms with Gasteiger partial charge in [-0.15, -0.1) is 0 Å². The van der Waals surface area contributed by atoms with Crippen molar-refractivity contribution in [3.8, 4) is 0 Å². The van der Waals surface area contributed by atoms with Crippen LogP contribution >= 0.6 is 0 Å². The number of H-pyrrole nitrogens is 1. The Morgan fingerprint density at radius 3 is 3.18 bits per heavy atom. The molecule has 0 aliphatic heterocycles. The van der Waals surface area contributed by atoms with E-state index in [1.807, 2.05) is 12.1 Å². The third-order valence-corrected chi connectivity index (χ3v) is 1.88. The quantitative estimate of drug-likeness (QED) is 0.633. The first kappa shape index (κ1) is 6.47. The molecule has 0 aliphatic carbocycles. The van der Waals surface area contributed by atoms with E-state index in [0.717, 1.165) is 6.42 Å². The summed E-state index contributed by atoms with van der Waals surface area (Å²) in [6.45, 7) is 2.14. The predicted octanol–water partition coefficient (Wildman–Crippen LogP) is 2.53. The lowest BCUT2D eigenvalue weighted by molar-refractivity contribution is 1.07. The number of aromatic nitrogens is 1. The molecular weight excluding hydrogens is 134 g/mol. The molecule has 11 heavy (non-hydrogen) atoms. The highest BCUT2D eigenvalue weighted by Crippen LogP contribution is 2.13. The zero-order valence-electron chi connectivity index (χ0n) is 6.52. The zero-order chi connectivity index (χ0) is 7.68. The highest BCUT2D eigenvalue weighted by atomic mass is 14.7. The van der Waals surface area contributed by atoms with E-state index in [1.165, 1.54) is 16.6 Å². The van der Waals surface area contributed by atoms with Crippen LogP contribution in [0.2, 0.25) is 0 Å². The Labute approximate surface area is 66.1 Å². The number of nitrogens with one attached hydrogen (secondary N) is 1. The third-order valence-electron chi connectivity index (χ3n) is 1.88. The Bertz CT molecular complexity index is 327. The first-order valence-corrected chi connectivity index (χ1v) is 3.88. The maximum absolute atomic E-state index is 3.31. The minimum Gasteiger partial charge on any atom is -0.358 e. The molecule has 1 nitrogen and oxygen atoms in total. The largest absolute Gasteiger partial charge is 0.358 e. The molecule has 1 aromatic carbocycles. The summed E-state index contributed by atoms with van der Waals surface area (Å²) in [5.41, 5.74) is 2.46. The summed E-state index contributed by atoms with van der Waals surface area (Å²) >= 11 is 0. The van der Waals surface area contributed by atoms with Crippen molar-refractivity contribution in [1.82, 2.24) is 4.98 Å². The molecule has 0 spiro atoms. The van der Waals surface area contributed by atoms with Gasteiger partial charge in [0.2, 0.25) is 0 Å². The monoisotopic (exact) mass is 144 g/mol. The van der Waals surface area contributed by atoms with Crippen LogP contribution in [0.15, 0.2) is 24.3 Å². The molecule has 2 aromatic rings. The van der Waals surface area contributed by atoms with Crippen molar-refractivity contribution < 1.29 is 0 Å². The molecule has 0 unspecified atom stereocenters. The normalized spacial score (nSPS) is 10.6. The molecule has 0 atom stereocenters. The highest BCUT2D eigenvalue weighted by Gasteiger charge is 1.95. The van der Waals surface area contributed by atoms with Crippen molar-refractivity contribution >= 4 is 10.9 Å². The molecule has 0 bridgehead atoms. The number of aromatic amines is 1. The maximum Gasteiger partial charge on any atom is 0.0462 e. The molecule has 1 heterocycles. The average molecular weight is 144 g/mol. The number of hydrogen-bond donors (Lipinski definition) is 1. The summed E-state index contributed by atoms with van der Waals surface area (Å²) in [4.78, 5) is 3.31. The van der Waals surface area contributed by atoms with E-state index in [-0.39, 0.29) is 0 Å². The van der Waals surface area contributed by atoms with Gasteiger partial charge in [-0.25, -0.2) is 0 Å². The van der Waals surface area contributed by atoms with Crippen LogP contribution in [0.1, 0.15) is 12.6 Å². The average Bonchev–Trinajstić information content (AvgIpc) is 2.46. The Hall–Kier alpha value is -1.24. The zero-order valence-corrected chi connectivity index (χ0v) is 6.52. The van der Waals surface area contributed by atoms with Crippen molar-refractivity contribution in [1.29, 1.82) is 0 Å². The third kappa shape index (κ3) is 1.03. The van der Waals surface area contributed by atoms with E-state index >= 15 is 0 Å². The molecule has 1 heteroatoms. The van der Waals surface area contributed by atoms with Crippen LogP contribution in [0, 0.1) is 6.07 Å². The van der Waals surface area contributed by atoms with E-state index in [0.29, 0.717) is 0 Å². The van der Waals surface area contributed by atoms with Gasteiger partial charge in [-0.2, -0.15) is 0 Å². The lowest BCUT2D eigenvalue weighted by Crippen LogP contribution is -1.74. The van der Waals surface area contributed by atoms with Gasteiger partial charge in [0.1, 0.15) is 0 Å². The second-order valence-electron chi connectivity index (χ2n) is 2.65. The summed E-state index contributed by atoms with van der Waals surface area (Å²) in [6.07, 6.45) is 1.06. The van der Waals surface area contributed by atoms with Crippen molar-refractivity contribution in [2.45, 2.75) is 13.3 Å². The number of rotatable bonds is 1. The molecule has 1 radical (unpaired) electrons. The van der Waals surface area contributed by atoms with Crippen molar-refractivity contribution in [3.05, 3.63) is 36.0 Å². The van der Waals surface area contributed by atoms with E-state index in [9.17, 15) is 0 Å². The standard InChI is InChI=1S/C10H10N/c1-2-9-7-8-5-3-4-6-10(8)11-9/h3-4,6-7,11H,2H2,1H3. The summed E-state index contributed by atoms with van der Waals surface area (Å²) in [5.74, 6) is 0. The van der Waals surface area contributed by atoms with Gasteiger partial charge < -0.3 is 4.98 Å². The molecule has 2 rings (SSSR count). The van der Waals surface area contributed by atoms with E-state index < -0.39 is 0 Å². The van der Waals surface area contributed by atoms with Crippen LogP contribution in [0.5, 0.6) is 0 Å². The fourth-order valence-corrected chi connectivity index (χ4v) is 1.25. The van der Waals surface area contributed by atoms with Gasteiger partial charge in [-0.1, -0.05) is 19.1 Å². The smallest absolute Gasteiger partial charge is 0.0462 e. The minimum absolute atomic E-state index is 1.06. The van der Waals surface area contributed by atoms with Crippen molar-refractivity contribution in [2.75, 3.05) is 0 Å². The summed E-state index contributed by atoms with van der Waals surface area (Å²) < 4.78 is 0. The molecule has 0 amide bonds. The topological polar surface area (TPSA) is 15.8 Å². The number of hydrogen-bond acceptors (Lipinski definition) is 0. The van der Waals surface area contributed by atoms with Gasteiger partial charge in [0, 0.05) is 16.6 Å². The summed E-state index contributed by atoms with van der Waals surface area (Å²) in [7, 11) is 0. The molecule has 55 valence electrons. The second-order valence-corrected chi connectivity index (χ2v) is 2.65. The molecule has 0 saturated heterocycles. The molecule has 0 saturated carbocycles. The maximum atomic E-state index is 3.31. The first-order chi connectivity index (χ1) is 5.40. The van der Waals surface area contributed by atoms with Crippen LogP contribution < -0.4 is 0 Å². The van der Waals surface area contributed by atoms with Gasteiger partial charge >= 0.3 is 0 Å². The van der Waals surface area contributed by atoms with Crippen molar-refractivity contribution in [2.24, 2.45) is 0 Å². The highest BCUT2D eigenvalue weighted by molar-refractivity contribution is 5.79. The molecule has 1 aromatic heterocycles. The Kier molecular flexibility index (Phi) is 1.42. The van der Waals surface area contributed by atoms with Crippen LogP contribution in [-0.2, 0) is 6.42 Å². The Balaban J connectivity index is 2.69. The van der Waals surface area contributed by atoms with Crippen LogP contribution in [0.3, 0.4) is 0 Å². The van der Waals surface area contributed by atoms with Gasteiger partial charge in [-0.3, -0.25) is 0 Å². The number of fused-ring (bicyclic) bond motifs is 1. The fourth-order valence-electron chi connectivity index (χ4n) is 1.25. The molecule has 1 N–H and O–H groups in total. The number of aryl methyl sites for hydroxylation is 1. The van der Waals surface area contributed by atoms with Gasteiger partial charge in [0.15, 0.2) is 0 Å². The lowest BCUT2D eigenvalue weighted by Gasteiger charge is -1.84. The summed E-state index contributed by atoms with van der Waals surface area (Å²) in [6, 6.07) is 11.3. The lowest BCUT2D eigenvalue weighted by atomic mass is 10.2. The molecule has 0 fully saturated rings. The molecule has 0 aliphatic rings. The predicted molar refractivity (Wildman–Crippen MR) is 46.5 cm³/mol.